The van der Waals surface area contributed by atoms with Gasteiger partial charge in [0.25, 0.3) is 5.91 Å². The maximum absolute atomic E-state index is 12.7. The number of aryl methyl sites for hydroxylation is 1. The van der Waals surface area contributed by atoms with Crippen molar-refractivity contribution >= 4 is 22.9 Å². The summed E-state index contributed by atoms with van der Waals surface area (Å²) in [6.07, 6.45) is 5.33. The van der Waals surface area contributed by atoms with Gasteiger partial charge in [0.2, 0.25) is 0 Å². The van der Waals surface area contributed by atoms with Gasteiger partial charge in [0.15, 0.2) is 0 Å². The second kappa shape index (κ2) is 7.66. The molecule has 0 unspecified atom stereocenters. The highest BCUT2D eigenvalue weighted by molar-refractivity contribution is 7.17. The molecule has 0 aliphatic heterocycles. The molecule has 4 aromatic rings. The number of nitrogens with zero attached hydrogens (tertiary/aromatic N) is 3. The zero-order valence-electron chi connectivity index (χ0n) is 15.4. The number of methoxy groups -OCH3 is 1. The summed E-state index contributed by atoms with van der Waals surface area (Å²) in [6, 6.07) is 15.2. The van der Waals surface area contributed by atoms with Crippen LogP contribution in [0.4, 0.5) is 5.69 Å². The molecule has 140 valence electrons. The molecule has 2 heterocycles. The SMILES string of the molecule is COc1ccc(-c2nc(C)c(C(=O)Nc3ccc(-n4ccnc4)cc3)s2)cc1. The molecule has 4 rings (SSSR count). The summed E-state index contributed by atoms with van der Waals surface area (Å²) < 4.78 is 7.09. The highest BCUT2D eigenvalue weighted by atomic mass is 32.1. The number of rotatable bonds is 5. The minimum atomic E-state index is -0.162. The van der Waals surface area contributed by atoms with E-state index >= 15 is 0 Å². The number of benzene rings is 2. The smallest absolute Gasteiger partial charge is 0.267 e. The van der Waals surface area contributed by atoms with Crippen LogP contribution < -0.4 is 10.1 Å². The molecule has 7 heteroatoms. The number of imidazole rings is 1. The van der Waals surface area contributed by atoms with Gasteiger partial charge in [0.1, 0.15) is 15.6 Å². The summed E-state index contributed by atoms with van der Waals surface area (Å²) in [4.78, 5) is 21.9. The minimum Gasteiger partial charge on any atom is -0.497 e. The highest BCUT2D eigenvalue weighted by Gasteiger charge is 2.16. The molecule has 0 radical (unpaired) electrons. The molecule has 2 aromatic heterocycles. The van der Waals surface area contributed by atoms with Crippen molar-refractivity contribution in [3.05, 3.63) is 77.8 Å². The molecule has 1 N–H and O–H groups in total. The Morgan fingerprint density at radius 2 is 1.86 bits per heavy atom. The predicted molar refractivity (Wildman–Crippen MR) is 110 cm³/mol. The summed E-state index contributed by atoms with van der Waals surface area (Å²) in [7, 11) is 1.63. The number of ether oxygens (including phenoxy) is 1. The Balaban J connectivity index is 1.51. The third-order valence-electron chi connectivity index (χ3n) is 4.27. The molecule has 0 bridgehead atoms. The highest BCUT2D eigenvalue weighted by Crippen LogP contribution is 2.29. The van der Waals surface area contributed by atoms with Crippen molar-refractivity contribution in [2.24, 2.45) is 0 Å². The average molecular weight is 390 g/mol. The standard InChI is InChI=1S/C21H18N4O2S/c1-14-19(28-21(23-14)15-3-9-18(27-2)10-4-15)20(26)24-16-5-7-17(8-6-16)25-12-11-22-13-25/h3-13H,1-2H3,(H,24,26). The Labute approximate surface area is 166 Å². The normalized spacial score (nSPS) is 10.6. The van der Waals surface area contributed by atoms with Crippen LogP contribution >= 0.6 is 11.3 Å². The quantitative estimate of drug-likeness (QED) is 0.542. The summed E-state index contributed by atoms with van der Waals surface area (Å²) in [5.41, 5.74) is 3.37. The molecule has 0 aliphatic rings. The lowest BCUT2D eigenvalue weighted by Gasteiger charge is -2.06. The van der Waals surface area contributed by atoms with Gasteiger partial charge in [-0.05, 0) is 55.5 Å². The molecule has 0 saturated heterocycles. The van der Waals surface area contributed by atoms with E-state index in [-0.39, 0.29) is 5.91 Å². The summed E-state index contributed by atoms with van der Waals surface area (Å²) in [6.45, 7) is 1.85. The molecule has 0 spiro atoms. The van der Waals surface area contributed by atoms with E-state index in [0.29, 0.717) is 10.6 Å². The number of hydrogen-bond donors (Lipinski definition) is 1. The van der Waals surface area contributed by atoms with Crippen LogP contribution in [-0.2, 0) is 0 Å². The third kappa shape index (κ3) is 3.65. The van der Waals surface area contributed by atoms with E-state index < -0.39 is 0 Å². The number of anilines is 1. The first-order chi connectivity index (χ1) is 13.6. The number of carbonyl (C=O) groups is 1. The first-order valence-corrected chi connectivity index (χ1v) is 9.47. The molecule has 0 fully saturated rings. The number of carbonyl (C=O) groups excluding carboxylic acids is 1. The molecule has 0 atom stereocenters. The topological polar surface area (TPSA) is 69.0 Å². The summed E-state index contributed by atoms with van der Waals surface area (Å²) >= 11 is 1.38. The second-order valence-electron chi connectivity index (χ2n) is 6.13. The van der Waals surface area contributed by atoms with E-state index in [9.17, 15) is 4.79 Å². The van der Waals surface area contributed by atoms with Gasteiger partial charge < -0.3 is 14.6 Å². The van der Waals surface area contributed by atoms with Crippen molar-refractivity contribution in [1.29, 1.82) is 0 Å². The van der Waals surface area contributed by atoms with Crippen molar-refractivity contribution in [3.63, 3.8) is 0 Å². The lowest BCUT2D eigenvalue weighted by Crippen LogP contribution is -2.11. The van der Waals surface area contributed by atoms with E-state index in [4.69, 9.17) is 4.74 Å². The Bertz CT molecular complexity index is 1080. The average Bonchev–Trinajstić information content (AvgIpc) is 3.39. The Morgan fingerprint density at radius 1 is 1.11 bits per heavy atom. The van der Waals surface area contributed by atoms with Crippen LogP contribution in [0.2, 0.25) is 0 Å². The fourth-order valence-electron chi connectivity index (χ4n) is 2.78. The molecule has 1 amide bonds. The molecule has 0 saturated carbocycles. The lowest BCUT2D eigenvalue weighted by molar-refractivity contribution is 0.103. The van der Waals surface area contributed by atoms with Crippen molar-refractivity contribution in [3.8, 4) is 22.0 Å². The van der Waals surface area contributed by atoms with E-state index in [1.54, 1.807) is 19.6 Å². The Hall–Kier alpha value is -3.45. The van der Waals surface area contributed by atoms with Crippen molar-refractivity contribution in [1.82, 2.24) is 14.5 Å². The van der Waals surface area contributed by atoms with Gasteiger partial charge in [-0.3, -0.25) is 4.79 Å². The minimum absolute atomic E-state index is 0.162. The first kappa shape index (κ1) is 17.9. The number of aromatic nitrogens is 3. The number of thiazole rings is 1. The molecule has 0 aliphatic carbocycles. The van der Waals surface area contributed by atoms with E-state index in [1.807, 2.05) is 66.2 Å². The van der Waals surface area contributed by atoms with E-state index in [2.05, 4.69) is 15.3 Å². The Morgan fingerprint density at radius 3 is 2.50 bits per heavy atom. The zero-order chi connectivity index (χ0) is 19.5. The number of amides is 1. The van der Waals surface area contributed by atoms with Crippen molar-refractivity contribution < 1.29 is 9.53 Å². The van der Waals surface area contributed by atoms with Crippen LogP contribution in [-0.4, -0.2) is 27.6 Å². The van der Waals surface area contributed by atoms with Gasteiger partial charge in [-0.2, -0.15) is 0 Å². The third-order valence-corrected chi connectivity index (χ3v) is 5.47. The van der Waals surface area contributed by atoms with Crippen LogP contribution in [0.15, 0.2) is 67.3 Å². The summed E-state index contributed by atoms with van der Waals surface area (Å²) in [5, 5.41) is 3.75. The van der Waals surface area contributed by atoms with Crippen LogP contribution in [0, 0.1) is 6.92 Å². The van der Waals surface area contributed by atoms with Gasteiger partial charge in [-0.1, -0.05) is 0 Å². The maximum Gasteiger partial charge on any atom is 0.267 e. The largest absolute Gasteiger partial charge is 0.497 e. The fraction of sp³-hybridized carbons (Fsp3) is 0.0952. The van der Waals surface area contributed by atoms with Gasteiger partial charge in [0, 0.05) is 29.3 Å². The zero-order valence-corrected chi connectivity index (χ0v) is 16.2. The molecule has 28 heavy (non-hydrogen) atoms. The molecular formula is C21H18N4O2S. The molecular weight excluding hydrogens is 372 g/mol. The van der Waals surface area contributed by atoms with Gasteiger partial charge >= 0.3 is 0 Å². The van der Waals surface area contributed by atoms with Crippen LogP contribution in [0.25, 0.3) is 16.3 Å². The lowest BCUT2D eigenvalue weighted by atomic mass is 10.2. The van der Waals surface area contributed by atoms with E-state index in [0.717, 1.165) is 27.7 Å². The van der Waals surface area contributed by atoms with Gasteiger partial charge in [0.05, 0.1) is 19.1 Å². The van der Waals surface area contributed by atoms with Crippen LogP contribution in [0.1, 0.15) is 15.4 Å². The first-order valence-electron chi connectivity index (χ1n) is 8.65. The Kier molecular flexibility index (Phi) is 4.90. The van der Waals surface area contributed by atoms with E-state index in [1.165, 1.54) is 11.3 Å². The second-order valence-corrected chi connectivity index (χ2v) is 7.13. The summed E-state index contributed by atoms with van der Waals surface area (Å²) in [5.74, 6) is 0.624. The fourth-order valence-corrected chi connectivity index (χ4v) is 3.75. The number of hydrogen-bond acceptors (Lipinski definition) is 5. The van der Waals surface area contributed by atoms with Crippen LogP contribution in [0.5, 0.6) is 5.75 Å². The maximum atomic E-state index is 12.7. The van der Waals surface area contributed by atoms with Gasteiger partial charge in [-0.15, -0.1) is 11.3 Å². The van der Waals surface area contributed by atoms with Crippen molar-refractivity contribution in [2.75, 3.05) is 12.4 Å². The number of nitrogens with one attached hydrogen (secondary N) is 1. The monoisotopic (exact) mass is 390 g/mol. The molecule has 6 nitrogen and oxygen atoms in total. The van der Waals surface area contributed by atoms with Crippen LogP contribution in [0.3, 0.4) is 0 Å². The predicted octanol–water partition coefficient (Wildman–Crippen LogP) is 4.57. The van der Waals surface area contributed by atoms with Crippen molar-refractivity contribution in [2.45, 2.75) is 6.92 Å². The van der Waals surface area contributed by atoms with Gasteiger partial charge in [-0.25, -0.2) is 9.97 Å². The molecule has 2 aromatic carbocycles.